The van der Waals surface area contributed by atoms with Gasteiger partial charge < -0.3 is 15.8 Å². The van der Waals surface area contributed by atoms with E-state index in [1.165, 1.54) is 0 Å². The molecule has 0 saturated heterocycles. The van der Waals surface area contributed by atoms with Gasteiger partial charge in [0.05, 0.1) is 0 Å². The molecule has 1 aromatic rings. The molecule has 6 heteroatoms. The smallest absolute Gasteiger partial charge is 0.272 e. The Morgan fingerprint density at radius 3 is 2.80 bits per heavy atom. The van der Waals surface area contributed by atoms with Gasteiger partial charge in [0.25, 0.3) is 5.91 Å². The number of oxime groups is 1. The first-order chi connectivity index (χ1) is 9.45. The summed E-state index contributed by atoms with van der Waals surface area (Å²) in [7, 11) is 0. The lowest BCUT2D eigenvalue weighted by molar-refractivity contribution is 0.0734. The number of rotatable bonds is 6. The monoisotopic (exact) mass is 278 g/mol. The summed E-state index contributed by atoms with van der Waals surface area (Å²) < 4.78 is 0. The molecule has 0 saturated carbocycles. The second-order valence-electron chi connectivity index (χ2n) is 5.16. The maximum atomic E-state index is 12.5. The quantitative estimate of drug-likeness (QED) is 0.358. The molecule has 0 aliphatic heterocycles. The number of hydrogen-bond donors (Lipinski definition) is 2. The number of amides is 1. The normalized spacial score (nSPS) is 11.7. The summed E-state index contributed by atoms with van der Waals surface area (Å²) >= 11 is 0. The van der Waals surface area contributed by atoms with Crippen molar-refractivity contribution in [1.82, 2.24) is 9.88 Å². The third-order valence-corrected chi connectivity index (χ3v) is 2.85. The van der Waals surface area contributed by atoms with E-state index in [1.54, 1.807) is 17.2 Å². The van der Waals surface area contributed by atoms with E-state index in [-0.39, 0.29) is 11.7 Å². The van der Waals surface area contributed by atoms with Crippen LogP contribution in [0.2, 0.25) is 0 Å². The average Bonchev–Trinajstić information content (AvgIpc) is 2.42. The fourth-order valence-electron chi connectivity index (χ4n) is 1.88. The molecule has 3 N–H and O–H groups in total. The standard InChI is InChI=1S/C14H22N4O2/c1-10(2)9-18(8-6-12(15)17-20)14(19)13-11(3)5-4-7-16-13/h4-5,7,10,20H,6,8-9H2,1-3H3,(H2,15,17). The van der Waals surface area contributed by atoms with E-state index in [2.05, 4.69) is 10.1 Å². The van der Waals surface area contributed by atoms with Gasteiger partial charge in [-0.2, -0.15) is 0 Å². The van der Waals surface area contributed by atoms with Crippen LogP contribution >= 0.6 is 0 Å². The number of aryl methyl sites for hydroxylation is 1. The molecule has 1 rings (SSSR count). The van der Waals surface area contributed by atoms with Crippen molar-refractivity contribution in [1.29, 1.82) is 0 Å². The highest BCUT2D eigenvalue weighted by Crippen LogP contribution is 2.10. The molecule has 0 radical (unpaired) electrons. The molecule has 0 aliphatic carbocycles. The van der Waals surface area contributed by atoms with Crippen molar-refractivity contribution in [2.24, 2.45) is 16.8 Å². The van der Waals surface area contributed by atoms with Gasteiger partial charge >= 0.3 is 0 Å². The minimum atomic E-state index is -0.123. The molecule has 0 spiro atoms. The zero-order valence-electron chi connectivity index (χ0n) is 12.2. The van der Waals surface area contributed by atoms with Crippen LogP contribution < -0.4 is 5.73 Å². The maximum absolute atomic E-state index is 12.5. The molecule has 0 atom stereocenters. The lowest BCUT2D eigenvalue weighted by atomic mass is 10.1. The van der Waals surface area contributed by atoms with Crippen LogP contribution in [0.15, 0.2) is 23.5 Å². The summed E-state index contributed by atoms with van der Waals surface area (Å²) in [4.78, 5) is 18.4. The van der Waals surface area contributed by atoms with Crippen molar-refractivity contribution < 1.29 is 10.0 Å². The Hall–Kier alpha value is -2.11. The topological polar surface area (TPSA) is 91.8 Å². The molecule has 0 aromatic carbocycles. The molecule has 0 fully saturated rings. The largest absolute Gasteiger partial charge is 0.409 e. The predicted octanol–water partition coefficient (Wildman–Crippen LogP) is 1.62. The molecule has 1 heterocycles. The van der Waals surface area contributed by atoms with E-state index in [0.717, 1.165) is 5.56 Å². The molecular weight excluding hydrogens is 256 g/mol. The van der Waals surface area contributed by atoms with E-state index < -0.39 is 0 Å². The summed E-state index contributed by atoms with van der Waals surface area (Å²) in [5.41, 5.74) is 6.76. The zero-order chi connectivity index (χ0) is 15.1. The summed E-state index contributed by atoms with van der Waals surface area (Å²) in [6, 6.07) is 3.66. The van der Waals surface area contributed by atoms with Crippen LogP contribution in [-0.2, 0) is 0 Å². The Morgan fingerprint density at radius 2 is 2.25 bits per heavy atom. The van der Waals surface area contributed by atoms with Crippen LogP contribution in [0, 0.1) is 12.8 Å². The highest BCUT2D eigenvalue weighted by atomic mass is 16.4. The minimum absolute atomic E-state index is 0.115. The lowest BCUT2D eigenvalue weighted by Crippen LogP contribution is -2.37. The van der Waals surface area contributed by atoms with Gasteiger partial charge in [0.2, 0.25) is 0 Å². The first-order valence-corrected chi connectivity index (χ1v) is 6.63. The summed E-state index contributed by atoms with van der Waals surface area (Å²) in [6.07, 6.45) is 1.94. The summed E-state index contributed by atoms with van der Waals surface area (Å²) in [6.45, 7) is 6.94. The first kappa shape index (κ1) is 15.9. The molecular formula is C14H22N4O2. The van der Waals surface area contributed by atoms with Gasteiger partial charge in [-0.15, -0.1) is 0 Å². The Bertz CT molecular complexity index is 486. The van der Waals surface area contributed by atoms with E-state index in [4.69, 9.17) is 10.9 Å². The number of nitrogens with two attached hydrogens (primary N) is 1. The fourth-order valence-corrected chi connectivity index (χ4v) is 1.88. The molecule has 0 aliphatic rings. The second kappa shape index (κ2) is 7.47. The minimum Gasteiger partial charge on any atom is -0.409 e. The van der Waals surface area contributed by atoms with Crippen molar-refractivity contribution >= 4 is 11.7 Å². The Morgan fingerprint density at radius 1 is 1.55 bits per heavy atom. The second-order valence-corrected chi connectivity index (χ2v) is 5.16. The van der Waals surface area contributed by atoms with Crippen molar-refractivity contribution in [3.05, 3.63) is 29.6 Å². The third-order valence-electron chi connectivity index (χ3n) is 2.85. The van der Waals surface area contributed by atoms with Gasteiger partial charge in [0, 0.05) is 25.7 Å². The van der Waals surface area contributed by atoms with Crippen molar-refractivity contribution in [3.63, 3.8) is 0 Å². The molecule has 6 nitrogen and oxygen atoms in total. The predicted molar refractivity (Wildman–Crippen MR) is 77.7 cm³/mol. The van der Waals surface area contributed by atoms with Crippen LogP contribution in [0.25, 0.3) is 0 Å². The van der Waals surface area contributed by atoms with Crippen molar-refractivity contribution in [2.75, 3.05) is 13.1 Å². The maximum Gasteiger partial charge on any atom is 0.272 e. The first-order valence-electron chi connectivity index (χ1n) is 6.63. The van der Waals surface area contributed by atoms with Crippen LogP contribution in [0.4, 0.5) is 0 Å². The molecule has 1 amide bonds. The summed E-state index contributed by atoms with van der Waals surface area (Å²) in [5, 5.41) is 11.5. The molecule has 1 aromatic heterocycles. The van der Waals surface area contributed by atoms with E-state index in [9.17, 15) is 4.79 Å². The Labute approximate surface area is 119 Å². The van der Waals surface area contributed by atoms with Crippen LogP contribution in [0.5, 0.6) is 0 Å². The highest BCUT2D eigenvalue weighted by molar-refractivity contribution is 5.94. The number of carbonyl (C=O) groups excluding carboxylic acids is 1. The van der Waals surface area contributed by atoms with E-state index >= 15 is 0 Å². The Kier molecular flexibility index (Phi) is 5.96. The SMILES string of the molecule is Cc1cccnc1C(=O)N(CCC(N)=NO)CC(C)C. The number of amidine groups is 1. The number of pyridine rings is 1. The van der Waals surface area contributed by atoms with Crippen LogP contribution in [0.1, 0.15) is 36.3 Å². The third kappa shape index (κ3) is 4.53. The number of nitrogens with zero attached hydrogens (tertiary/aromatic N) is 3. The number of aromatic nitrogens is 1. The molecule has 0 bridgehead atoms. The highest BCUT2D eigenvalue weighted by Gasteiger charge is 2.19. The van der Waals surface area contributed by atoms with Crippen molar-refractivity contribution in [2.45, 2.75) is 27.2 Å². The van der Waals surface area contributed by atoms with E-state index in [1.807, 2.05) is 26.8 Å². The molecule has 20 heavy (non-hydrogen) atoms. The van der Waals surface area contributed by atoms with Gasteiger partial charge in [-0.05, 0) is 24.5 Å². The zero-order valence-corrected chi connectivity index (χ0v) is 12.2. The van der Waals surface area contributed by atoms with E-state index in [0.29, 0.717) is 31.1 Å². The summed E-state index contributed by atoms with van der Waals surface area (Å²) in [5.74, 6) is 0.321. The Balaban J connectivity index is 2.87. The number of carbonyl (C=O) groups is 1. The molecule has 110 valence electrons. The van der Waals surface area contributed by atoms with Crippen LogP contribution in [0.3, 0.4) is 0 Å². The van der Waals surface area contributed by atoms with Gasteiger partial charge in [0.15, 0.2) is 0 Å². The number of hydrogen-bond acceptors (Lipinski definition) is 4. The van der Waals surface area contributed by atoms with Crippen LogP contribution in [-0.4, -0.2) is 39.9 Å². The average molecular weight is 278 g/mol. The van der Waals surface area contributed by atoms with Gasteiger partial charge in [-0.1, -0.05) is 25.1 Å². The fraction of sp³-hybridized carbons (Fsp3) is 0.500. The van der Waals surface area contributed by atoms with Gasteiger partial charge in [-0.25, -0.2) is 0 Å². The van der Waals surface area contributed by atoms with Gasteiger partial charge in [0.1, 0.15) is 11.5 Å². The van der Waals surface area contributed by atoms with Gasteiger partial charge in [-0.3, -0.25) is 9.78 Å². The molecule has 0 unspecified atom stereocenters. The lowest BCUT2D eigenvalue weighted by Gasteiger charge is -2.24. The van der Waals surface area contributed by atoms with Crippen molar-refractivity contribution in [3.8, 4) is 0 Å².